The molecule has 1 saturated heterocycles. The summed E-state index contributed by atoms with van der Waals surface area (Å²) in [6.45, 7) is 0.677. The van der Waals surface area contributed by atoms with E-state index in [1.54, 1.807) is 0 Å². The Morgan fingerprint density at radius 1 is 1.30 bits per heavy atom. The van der Waals surface area contributed by atoms with E-state index in [0.29, 0.717) is 18.7 Å². The zero-order chi connectivity index (χ0) is 13.9. The first-order valence-electron chi connectivity index (χ1n) is 6.77. The van der Waals surface area contributed by atoms with Crippen LogP contribution in [-0.4, -0.2) is 34.6 Å². The summed E-state index contributed by atoms with van der Waals surface area (Å²) in [5.41, 5.74) is 1.14. The molecule has 1 aromatic carbocycles. The molecule has 3 rings (SSSR count). The number of carbonyl (C=O) groups excluding carboxylic acids is 2. The molecule has 1 aromatic heterocycles. The van der Waals surface area contributed by atoms with Crippen LogP contribution in [0.4, 0.5) is 0 Å². The van der Waals surface area contributed by atoms with Crippen molar-refractivity contribution < 1.29 is 9.59 Å². The lowest BCUT2D eigenvalue weighted by Crippen LogP contribution is -2.45. The van der Waals surface area contributed by atoms with E-state index >= 15 is 0 Å². The van der Waals surface area contributed by atoms with Crippen molar-refractivity contribution in [3.8, 4) is 0 Å². The molecule has 0 bridgehead atoms. The number of nitrogens with zero attached hydrogens (tertiary/aromatic N) is 1. The smallest absolute Gasteiger partial charge is 0.273 e. The van der Waals surface area contributed by atoms with E-state index in [1.807, 2.05) is 24.3 Å². The number of hydrogen-bond donors (Lipinski definition) is 3. The number of rotatable bonds is 2. The summed E-state index contributed by atoms with van der Waals surface area (Å²) < 4.78 is 0. The van der Waals surface area contributed by atoms with Crippen molar-refractivity contribution in [2.45, 2.75) is 25.3 Å². The summed E-state index contributed by atoms with van der Waals surface area (Å²) >= 11 is 0. The van der Waals surface area contributed by atoms with Crippen molar-refractivity contribution in [2.24, 2.45) is 0 Å². The highest BCUT2D eigenvalue weighted by Gasteiger charge is 2.24. The van der Waals surface area contributed by atoms with Crippen molar-refractivity contribution in [3.63, 3.8) is 0 Å². The molecule has 0 aliphatic carbocycles. The molecule has 1 unspecified atom stereocenters. The van der Waals surface area contributed by atoms with Crippen molar-refractivity contribution in [1.29, 1.82) is 0 Å². The molecule has 0 spiro atoms. The number of para-hydroxylation sites is 1. The van der Waals surface area contributed by atoms with Gasteiger partial charge >= 0.3 is 0 Å². The average Bonchev–Trinajstić information content (AvgIpc) is 2.79. The second-order valence-corrected chi connectivity index (χ2v) is 4.93. The standard InChI is InChI=1S/C14H16N4O2/c19-13-11(7-3-4-8-15-13)16-14(20)12-9-5-1-2-6-10(9)17-18-12/h1-2,5-6,11H,3-4,7-8H2,(H,15,19)(H,16,20)(H,17,18). The Kier molecular flexibility index (Phi) is 3.37. The monoisotopic (exact) mass is 272 g/mol. The molecule has 1 aliphatic heterocycles. The van der Waals surface area contributed by atoms with Crippen LogP contribution in [0, 0.1) is 0 Å². The van der Waals surface area contributed by atoms with E-state index in [0.717, 1.165) is 23.7 Å². The van der Waals surface area contributed by atoms with Crippen molar-refractivity contribution in [3.05, 3.63) is 30.0 Å². The lowest BCUT2D eigenvalue weighted by Gasteiger charge is -2.14. The lowest BCUT2D eigenvalue weighted by atomic mass is 10.1. The van der Waals surface area contributed by atoms with Gasteiger partial charge < -0.3 is 10.6 Å². The maximum atomic E-state index is 12.3. The van der Waals surface area contributed by atoms with E-state index in [-0.39, 0.29) is 11.8 Å². The average molecular weight is 272 g/mol. The number of amides is 2. The molecule has 2 amide bonds. The van der Waals surface area contributed by atoms with Gasteiger partial charge in [-0.1, -0.05) is 18.2 Å². The fourth-order valence-corrected chi connectivity index (χ4v) is 2.44. The van der Waals surface area contributed by atoms with Crippen molar-refractivity contribution in [1.82, 2.24) is 20.8 Å². The van der Waals surface area contributed by atoms with Gasteiger partial charge in [0.2, 0.25) is 5.91 Å². The largest absolute Gasteiger partial charge is 0.354 e. The molecule has 2 heterocycles. The summed E-state index contributed by atoms with van der Waals surface area (Å²) in [5, 5.41) is 13.2. The minimum Gasteiger partial charge on any atom is -0.354 e. The third kappa shape index (κ3) is 2.36. The van der Waals surface area contributed by atoms with Gasteiger partial charge in [0.1, 0.15) is 6.04 Å². The first kappa shape index (κ1) is 12.7. The Hall–Kier alpha value is -2.37. The van der Waals surface area contributed by atoms with E-state index in [2.05, 4.69) is 20.8 Å². The van der Waals surface area contributed by atoms with Gasteiger partial charge in [0.15, 0.2) is 5.69 Å². The molecule has 20 heavy (non-hydrogen) atoms. The summed E-state index contributed by atoms with van der Waals surface area (Å²) in [7, 11) is 0. The van der Waals surface area contributed by atoms with Crippen LogP contribution in [0.15, 0.2) is 24.3 Å². The zero-order valence-electron chi connectivity index (χ0n) is 11.0. The van der Waals surface area contributed by atoms with Crippen molar-refractivity contribution in [2.75, 3.05) is 6.54 Å². The van der Waals surface area contributed by atoms with Gasteiger partial charge in [-0.2, -0.15) is 5.10 Å². The van der Waals surface area contributed by atoms with Crippen LogP contribution in [0.1, 0.15) is 29.8 Å². The lowest BCUT2D eigenvalue weighted by molar-refractivity contribution is -0.122. The molecule has 6 heteroatoms. The Morgan fingerprint density at radius 2 is 2.15 bits per heavy atom. The van der Waals surface area contributed by atoms with E-state index in [9.17, 15) is 9.59 Å². The van der Waals surface area contributed by atoms with Crippen LogP contribution >= 0.6 is 0 Å². The second kappa shape index (κ2) is 5.32. The molecule has 6 nitrogen and oxygen atoms in total. The highest BCUT2D eigenvalue weighted by Crippen LogP contribution is 2.15. The molecule has 104 valence electrons. The maximum Gasteiger partial charge on any atom is 0.273 e. The molecule has 1 fully saturated rings. The Balaban J connectivity index is 1.80. The van der Waals surface area contributed by atoms with Gasteiger partial charge in [-0.15, -0.1) is 0 Å². The summed E-state index contributed by atoms with van der Waals surface area (Å²) in [6, 6.07) is 6.95. The van der Waals surface area contributed by atoms with Crippen LogP contribution in [0.5, 0.6) is 0 Å². The number of aromatic amines is 1. The number of fused-ring (bicyclic) bond motifs is 1. The molecule has 3 N–H and O–H groups in total. The number of H-pyrrole nitrogens is 1. The van der Waals surface area contributed by atoms with E-state index < -0.39 is 6.04 Å². The number of hydrogen-bond acceptors (Lipinski definition) is 3. The molecule has 0 saturated carbocycles. The van der Waals surface area contributed by atoms with Crippen LogP contribution in [-0.2, 0) is 4.79 Å². The number of benzene rings is 1. The second-order valence-electron chi connectivity index (χ2n) is 4.93. The van der Waals surface area contributed by atoms with Crippen LogP contribution < -0.4 is 10.6 Å². The minimum atomic E-state index is -0.472. The number of nitrogens with one attached hydrogen (secondary N) is 3. The SMILES string of the molecule is O=C(NC1CCCCNC1=O)c1n[nH]c2ccccc12. The van der Waals surface area contributed by atoms with E-state index in [4.69, 9.17) is 0 Å². The van der Waals surface area contributed by atoms with Crippen LogP contribution in [0.3, 0.4) is 0 Å². The third-order valence-electron chi connectivity index (χ3n) is 3.53. The van der Waals surface area contributed by atoms with Crippen molar-refractivity contribution >= 4 is 22.7 Å². The fourth-order valence-electron chi connectivity index (χ4n) is 2.44. The molecule has 2 aromatic rings. The molecule has 1 atom stereocenters. The Morgan fingerprint density at radius 3 is 3.05 bits per heavy atom. The highest BCUT2D eigenvalue weighted by atomic mass is 16.2. The first-order chi connectivity index (χ1) is 9.75. The Labute approximate surface area is 115 Å². The van der Waals surface area contributed by atoms with Gasteiger partial charge in [0, 0.05) is 11.9 Å². The van der Waals surface area contributed by atoms with Gasteiger partial charge in [-0.25, -0.2) is 0 Å². The highest BCUT2D eigenvalue weighted by molar-refractivity contribution is 6.05. The summed E-state index contributed by atoms with van der Waals surface area (Å²) in [5.74, 6) is -0.430. The molecule has 0 radical (unpaired) electrons. The minimum absolute atomic E-state index is 0.115. The van der Waals surface area contributed by atoms with Crippen LogP contribution in [0.25, 0.3) is 10.9 Å². The van der Waals surface area contributed by atoms with Gasteiger partial charge in [0.05, 0.1) is 5.52 Å². The van der Waals surface area contributed by atoms with E-state index in [1.165, 1.54) is 0 Å². The van der Waals surface area contributed by atoms with Gasteiger partial charge in [-0.3, -0.25) is 14.7 Å². The fraction of sp³-hybridized carbons (Fsp3) is 0.357. The first-order valence-corrected chi connectivity index (χ1v) is 6.77. The maximum absolute atomic E-state index is 12.3. The quantitative estimate of drug-likeness (QED) is 0.761. The van der Waals surface area contributed by atoms with Crippen LogP contribution in [0.2, 0.25) is 0 Å². The molecular formula is C14H16N4O2. The third-order valence-corrected chi connectivity index (χ3v) is 3.53. The molecule has 1 aliphatic rings. The Bertz CT molecular complexity index is 649. The normalized spacial score (nSPS) is 19.4. The zero-order valence-corrected chi connectivity index (χ0v) is 11.0. The van der Waals surface area contributed by atoms with Gasteiger partial charge in [0.25, 0.3) is 5.91 Å². The predicted molar refractivity (Wildman–Crippen MR) is 74.2 cm³/mol. The molecular weight excluding hydrogens is 256 g/mol. The van der Waals surface area contributed by atoms with Gasteiger partial charge in [-0.05, 0) is 25.3 Å². The topological polar surface area (TPSA) is 86.9 Å². The summed E-state index contributed by atoms with van der Waals surface area (Å²) in [4.78, 5) is 24.1. The predicted octanol–water partition coefficient (Wildman–Crippen LogP) is 0.961. The summed E-state index contributed by atoms with van der Waals surface area (Å²) in [6.07, 6.45) is 2.54. The number of carbonyl (C=O) groups is 2. The number of aromatic nitrogens is 2.